The minimum absolute atomic E-state index is 0.107. The lowest BCUT2D eigenvalue weighted by atomic mass is 9.82. The van der Waals surface area contributed by atoms with Crippen LogP contribution in [-0.2, 0) is 4.79 Å². The molecule has 2 aliphatic rings. The third-order valence-corrected chi connectivity index (χ3v) is 7.02. The van der Waals surface area contributed by atoms with Crippen molar-refractivity contribution in [2.45, 2.75) is 37.8 Å². The molecule has 2 saturated heterocycles. The molecule has 2 heterocycles. The van der Waals surface area contributed by atoms with Crippen LogP contribution in [0.25, 0.3) is 0 Å². The van der Waals surface area contributed by atoms with Crippen molar-refractivity contribution >= 4 is 5.78 Å². The van der Waals surface area contributed by atoms with Gasteiger partial charge in [0.2, 0.25) is 0 Å². The molecule has 4 unspecified atom stereocenters. The molecule has 184 valence electrons. The van der Waals surface area contributed by atoms with E-state index < -0.39 is 0 Å². The number of piperazine rings is 2. The highest BCUT2D eigenvalue weighted by atomic mass is 19.1. The lowest BCUT2D eigenvalue weighted by Crippen LogP contribution is -2.52. The van der Waals surface area contributed by atoms with Gasteiger partial charge < -0.3 is 10.6 Å². The molecular formula is C27H36F2N4O. The highest BCUT2D eigenvalue weighted by Gasteiger charge is 2.33. The molecule has 0 amide bonds. The van der Waals surface area contributed by atoms with Crippen LogP contribution in [-0.4, -0.2) is 80.0 Å². The number of hydrogen-bond acceptors (Lipinski definition) is 5. The van der Waals surface area contributed by atoms with Crippen LogP contribution in [0.15, 0.2) is 48.5 Å². The van der Waals surface area contributed by atoms with Crippen molar-refractivity contribution in [3.8, 4) is 0 Å². The number of rotatable bonds is 8. The number of nitrogens with zero attached hydrogens (tertiary/aromatic N) is 2. The van der Waals surface area contributed by atoms with E-state index in [-0.39, 0.29) is 29.3 Å². The quantitative estimate of drug-likeness (QED) is 0.621. The van der Waals surface area contributed by atoms with Crippen LogP contribution in [0.2, 0.25) is 0 Å². The van der Waals surface area contributed by atoms with Crippen LogP contribution in [0.4, 0.5) is 8.78 Å². The summed E-state index contributed by atoms with van der Waals surface area (Å²) in [5.74, 6) is -1.29. The van der Waals surface area contributed by atoms with Crippen molar-refractivity contribution < 1.29 is 13.6 Å². The van der Waals surface area contributed by atoms with Crippen LogP contribution in [0.1, 0.15) is 36.8 Å². The van der Waals surface area contributed by atoms with E-state index in [4.69, 9.17) is 0 Å². The Morgan fingerprint density at radius 2 is 1.18 bits per heavy atom. The first kappa shape index (κ1) is 24.9. The zero-order valence-electron chi connectivity index (χ0n) is 20.1. The van der Waals surface area contributed by atoms with Crippen LogP contribution in [0.5, 0.6) is 0 Å². The Bertz CT molecular complexity index is 861. The standard InChI is InChI=1S/C27H36F2N4O/c1-19-15-32(13-11-30-19)17-25(21-3-7-23(28)8-4-21)27(34)26(22-5-9-24(29)10-6-22)18-33-14-12-31-20(2)16-33/h3-10,19-20,25-26,30-31H,11-18H2,1-2H3. The number of nitrogens with one attached hydrogen (secondary N) is 2. The van der Waals surface area contributed by atoms with Gasteiger partial charge in [0.15, 0.2) is 0 Å². The molecule has 0 aromatic heterocycles. The Morgan fingerprint density at radius 1 is 0.794 bits per heavy atom. The van der Waals surface area contributed by atoms with Gasteiger partial charge in [-0.2, -0.15) is 0 Å². The van der Waals surface area contributed by atoms with Gasteiger partial charge in [-0.15, -0.1) is 0 Å². The third kappa shape index (κ3) is 6.48. The molecule has 2 aromatic carbocycles. The van der Waals surface area contributed by atoms with Gasteiger partial charge >= 0.3 is 0 Å². The van der Waals surface area contributed by atoms with Gasteiger partial charge in [-0.3, -0.25) is 14.6 Å². The fourth-order valence-electron chi connectivity index (χ4n) is 5.22. The highest BCUT2D eigenvalue weighted by Crippen LogP contribution is 2.30. The molecule has 0 bridgehead atoms. The first-order chi connectivity index (χ1) is 16.4. The number of benzene rings is 2. The van der Waals surface area contributed by atoms with E-state index in [0.717, 1.165) is 50.4 Å². The highest BCUT2D eigenvalue weighted by molar-refractivity contribution is 5.92. The molecule has 4 rings (SSSR count). The van der Waals surface area contributed by atoms with Gasteiger partial charge in [-0.25, -0.2) is 8.78 Å². The Labute approximate surface area is 201 Å². The molecule has 4 atom stereocenters. The molecule has 2 N–H and O–H groups in total. The maximum atomic E-state index is 14.3. The fourth-order valence-corrected chi connectivity index (χ4v) is 5.22. The Kier molecular flexibility index (Phi) is 8.42. The molecule has 2 aromatic rings. The zero-order chi connectivity index (χ0) is 24.1. The van der Waals surface area contributed by atoms with Gasteiger partial charge in [-0.1, -0.05) is 24.3 Å². The van der Waals surface area contributed by atoms with Gasteiger partial charge in [0.25, 0.3) is 0 Å². The van der Waals surface area contributed by atoms with Crippen LogP contribution >= 0.6 is 0 Å². The molecule has 0 spiro atoms. The second-order valence-electron chi connectivity index (χ2n) is 9.84. The molecule has 0 radical (unpaired) electrons. The monoisotopic (exact) mass is 470 g/mol. The first-order valence-electron chi connectivity index (χ1n) is 12.3. The second kappa shape index (κ2) is 11.5. The smallest absolute Gasteiger partial charge is 0.150 e. The van der Waals surface area contributed by atoms with Crippen molar-refractivity contribution in [2.24, 2.45) is 0 Å². The van der Waals surface area contributed by atoms with E-state index in [1.54, 1.807) is 24.3 Å². The summed E-state index contributed by atoms with van der Waals surface area (Å²) >= 11 is 0. The van der Waals surface area contributed by atoms with Crippen molar-refractivity contribution in [3.05, 3.63) is 71.3 Å². The minimum Gasteiger partial charge on any atom is -0.312 e. The predicted octanol–water partition coefficient (Wildman–Crippen LogP) is 2.99. The summed E-state index contributed by atoms with van der Waals surface area (Å²) in [6.07, 6.45) is 0. The number of ketones is 1. The summed E-state index contributed by atoms with van der Waals surface area (Å²) < 4.78 is 27.4. The van der Waals surface area contributed by atoms with Crippen LogP contribution < -0.4 is 10.6 Å². The molecule has 2 aliphatic heterocycles. The molecule has 7 heteroatoms. The SMILES string of the molecule is CC1CN(CC(C(=O)C(CN2CCNC(C)C2)c2ccc(F)cc2)c2ccc(F)cc2)CCN1. The number of hydrogen-bond donors (Lipinski definition) is 2. The van der Waals surface area contributed by atoms with Crippen molar-refractivity contribution in [1.29, 1.82) is 0 Å². The zero-order valence-corrected chi connectivity index (χ0v) is 20.1. The topological polar surface area (TPSA) is 47.6 Å². The summed E-state index contributed by atoms with van der Waals surface area (Å²) in [7, 11) is 0. The minimum atomic E-state index is -0.388. The fraction of sp³-hybridized carbons (Fsp3) is 0.519. The van der Waals surface area contributed by atoms with Crippen molar-refractivity contribution in [3.63, 3.8) is 0 Å². The van der Waals surface area contributed by atoms with Gasteiger partial charge in [0.05, 0.1) is 11.8 Å². The van der Waals surface area contributed by atoms with E-state index in [9.17, 15) is 13.6 Å². The van der Waals surface area contributed by atoms with Gasteiger partial charge in [0.1, 0.15) is 17.4 Å². The lowest BCUT2D eigenvalue weighted by Gasteiger charge is -2.37. The molecule has 34 heavy (non-hydrogen) atoms. The Hall–Kier alpha value is -2.19. The Balaban J connectivity index is 1.64. The first-order valence-corrected chi connectivity index (χ1v) is 12.3. The van der Waals surface area contributed by atoms with E-state index in [1.807, 2.05) is 0 Å². The summed E-state index contributed by atoms with van der Waals surface area (Å²) in [5.41, 5.74) is 1.66. The predicted molar refractivity (Wildman–Crippen MR) is 131 cm³/mol. The average molecular weight is 471 g/mol. The number of carbonyl (C=O) groups excluding carboxylic acids is 1. The molecule has 2 fully saturated rings. The summed E-state index contributed by atoms with van der Waals surface area (Å²) in [5, 5.41) is 6.90. The maximum Gasteiger partial charge on any atom is 0.150 e. The number of Topliss-reactive ketones (excluding diaryl/α,β-unsaturated/α-hetero) is 1. The van der Waals surface area contributed by atoms with Crippen LogP contribution in [0.3, 0.4) is 0 Å². The molecular weight excluding hydrogens is 434 g/mol. The number of carbonyl (C=O) groups is 1. The van der Waals surface area contributed by atoms with Crippen LogP contribution in [0, 0.1) is 11.6 Å². The van der Waals surface area contributed by atoms with E-state index in [1.165, 1.54) is 24.3 Å². The van der Waals surface area contributed by atoms with E-state index >= 15 is 0 Å². The van der Waals surface area contributed by atoms with Crippen molar-refractivity contribution in [2.75, 3.05) is 52.4 Å². The average Bonchev–Trinajstić information content (AvgIpc) is 2.82. The van der Waals surface area contributed by atoms with Gasteiger partial charge in [0, 0.05) is 64.4 Å². The molecule has 5 nitrogen and oxygen atoms in total. The summed E-state index contributed by atoms with van der Waals surface area (Å²) in [6, 6.07) is 13.4. The number of halogens is 2. The molecule has 0 aliphatic carbocycles. The normalized spacial score (nSPS) is 24.0. The van der Waals surface area contributed by atoms with Crippen molar-refractivity contribution in [1.82, 2.24) is 20.4 Å². The van der Waals surface area contributed by atoms with E-state index in [0.29, 0.717) is 25.2 Å². The summed E-state index contributed by atoms with van der Waals surface area (Å²) in [4.78, 5) is 18.9. The van der Waals surface area contributed by atoms with Gasteiger partial charge in [-0.05, 0) is 49.2 Å². The second-order valence-corrected chi connectivity index (χ2v) is 9.84. The largest absolute Gasteiger partial charge is 0.312 e. The Morgan fingerprint density at radius 3 is 1.53 bits per heavy atom. The third-order valence-electron chi connectivity index (χ3n) is 7.02. The maximum absolute atomic E-state index is 14.3. The summed E-state index contributed by atoms with van der Waals surface area (Å²) in [6.45, 7) is 10.7. The molecule has 0 saturated carbocycles. The van der Waals surface area contributed by atoms with E-state index in [2.05, 4.69) is 34.3 Å². The lowest BCUT2D eigenvalue weighted by molar-refractivity contribution is -0.123.